The average molecular weight is 383 g/mol. The van der Waals surface area contributed by atoms with Gasteiger partial charge < -0.3 is 25.0 Å². The smallest absolute Gasteiger partial charge is 0.163 e. The van der Waals surface area contributed by atoms with E-state index in [0.29, 0.717) is 5.82 Å². The highest BCUT2D eigenvalue weighted by atomic mass is 15.3. The summed E-state index contributed by atoms with van der Waals surface area (Å²) in [4.78, 5) is 11.8. The predicted octanol–water partition coefficient (Wildman–Crippen LogP) is 1.71. The maximum Gasteiger partial charge on any atom is 0.163 e. The molecule has 3 heterocycles. The van der Waals surface area contributed by atoms with Gasteiger partial charge in [-0.3, -0.25) is 5.10 Å². The van der Waals surface area contributed by atoms with Crippen LogP contribution in [0.3, 0.4) is 0 Å². The Balaban J connectivity index is 1.75. The molecule has 1 aromatic carbocycles. The molecule has 0 spiro atoms. The van der Waals surface area contributed by atoms with E-state index in [1.54, 1.807) is 0 Å². The van der Waals surface area contributed by atoms with Crippen molar-refractivity contribution in [2.75, 3.05) is 64.5 Å². The van der Waals surface area contributed by atoms with Gasteiger partial charge in [0.15, 0.2) is 5.82 Å². The third-order valence-electron chi connectivity index (χ3n) is 5.44. The van der Waals surface area contributed by atoms with Gasteiger partial charge in [0.05, 0.1) is 11.0 Å². The lowest BCUT2D eigenvalue weighted by atomic mass is 10.2. The maximum absolute atomic E-state index is 6.36. The second kappa shape index (κ2) is 7.81. The normalized spacial score (nSPS) is 15.8. The summed E-state index contributed by atoms with van der Waals surface area (Å²) in [5, 5.41) is 7.56. The molecular weight excluding hydrogens is 352 g/mol. The summed E-state index contributed by atoms with van der Waals surface area (Å²) < 4.78 is 2.29. The number of piperazine rings is 1. The number of para-hydroxylation sites is 2. The summed E-state index contributed by atoms with van der Waals surface area (Å²) in [6.45, 7) is 5.83. The lowest BCUT2D eigenvalue weighted by Crippen LogP contribution is -2.44. The number of anilines is 2. The number of aromatic amines is 1. The molecule has 8 heteroatoms. The molecule has 1 fully saturated rings. The summed E-state index contributed by atoms with van der Waals surface area (Å²) in [6, 6.07) is 8.29. The van der Waals surface area contributed by atoms with Crippen LogP contribution in [0.5, 0.6) is 0 Å². The van der Waals surface area contributed by atoms with Gasteiger partial charge in [-0.25, -0.2) is 4.98 Å². The molecule has 0 unspecified atom stereocenters. The average Bonchev–Trinajstić information content (AvgIpc) is 3.23. The molecule has 0 atom stereocenters. The molecule has 0 aliphatic carbocycles. The number of nitrogens with two attached hydrogens (primary N) is 1. The third-order valence-corrected chi connectivity index (χ3v) is 5.44. The number of nitrogens with one attached hydrogen (secondary N) is 1. The van der Waals surface area contributed by atoms with Crippen molar-refractivity contribution in [1.82, 2.24) is 29.5 Å². The van der Waals surface area contributed by atoms with Crippen LogP contribution in [0, 0.1) is 0 Å². The molecule has 3 N–H and O–H groups in total. The second-order valence-corrected chi connectivity index (χ2v) is 7.86. The first-order chi connectivity index (χ1) is 13.5. The number of benzene rings is 1. The summed E-state index contributed by atoms with van der Waals surface area (Å²) in [5.74, 6) is 2.40. The summed E-state index contributed by atoms with van der Waals surface area (Å²) >= 11 is 0. The SMILES string of the molecule is CN(C)CCCn1c(-c2c(N3CCN(C)CC3)n[nH]c2N)nc2ccccc21. The van der Waals surface area contributed by atoms with E-state index < -0.39 is 0 Å². The van der Waals surface area contributed by atoms with Gasteiger partial charge in [-0.15, -0.1) is 0 Å². The van der Waals surface area contributed by atoms with E-state index >= 15 is 0 Å². The monoisotopic (exact) mass is 382 g/mol. The van der Waals surface area contributed by atoms with Crippen molar-refractivity contribution < 1.29 is 0 Å². The Morgan fingerprint density at radius 2 is 1.89 bits per heavy atom. The first kappa shape index (κ1) is 18.8. The highest BCUT2D eigenvalue weighted by Gasteiger charge is 2.26. The van der Waals surface area contributed by atoms with E-state index in [1.165, 1.54) is 0 Å². The Labute approximate surface area is 165 Å². The van der Waals surface area contributed by atoms with Crippen molar-refractivity contribution in [3.05, 3.63) is 24.3 Å². The van der Waals surface area contributed by atoms with Crippen molar-refractivity contribution in [2.24, 2.45) is 0 Å². The number of rotatable bonds is 6. The number of fused-ring (bicyclic) bond motifs is 1. The van der Waals surface area contributed by atoms with Crippen molar-refractivity contribution in [3.8, 4) is 11.4 Å². The zero-order valence-corrected chi connectivity index (χ0v) is 17.0. The first-order valence-corrected chi connectivity index (χ1v) is 9.92. The number of aromatic nitrogens is 4. The van der Waals surface area contributed by atoms with E-state index in [2.05, 4.69) is 68.8 Å². The Morgan fingerprint density at radius 1 is 1.14 bits per heavy atom. The topological polar surface area (TPSA) is 82.2 Å². The van der Waals surface area contributed by atoms with Gasteiger partial charge in [0.1, 0.15) is 17.2 Å². The van der Waals surface area contributed by atoms with E-state index in [1.807, 2.05) is 6.07 Å². The van der Waals surface area contributed by atoms with Crippen LogP contribution in [0.2, 0.25) is 0 Å². The number of nitrogens with zero attached hydrogens (tertiary/aromatic N) is 6. The number of H-pyrrole nitrogens is 1. The largest absolute Gasteiger partial charge is 0.383 e. The highest BCUT2D eigenvalue weighted by molar-refractivity contribution is 5.87. The molecule has 0 saturated carbocycles. The maximum atomic E-state index is 6.36. The van der Waals surface area contributed by atoms with Crippen LogP contribution in [0.25, 0.3) is 22.4 Å². The molecule has 0 amide bonds. The fourth-order valence-corrected chi connectivity index (χ4v) is 3.85. The molecule has 28 heavy (non-hydrogen) atoms. The molecular formula is C20H30N8. The van der Waals surface area contributed by atoms with Crippen LogP contribution in [0.1, 0.15) is 6.42 Å². The lowest BCUT2D eigenvalue weighted by molar-refractivity contribution is 0.312. The molecule has 2 aromatic heterocycles. The van der Waals surface area contributed by atoms with E-state index in [-0.39, 0.29) is 0 Å². The minimum absolute atomic E-state index is 0.582. The second-order valence-electron chi connectivity index (χ2n) is 7.86. The fraction of sp³-hybridized carbons (Fsp3) is 0.500. The van der Waals surface area contributed by atoms with Gasteiger partial charge in [-0.2, -0.15) is 5.10 Å². The van der Waals surface area contributed by atoms with Crippen LogP contribution < -0.4 is 10.6 Å². The van der Waals surface area contributed by atoms with Gasteiger partial charge >= 0.3 is 0 Å². The van der Waals surface area contributed by atoms with E-state index in [4.69, 9.17) is 10.7 Å². The number of likely N-dealkylation sites (N-methyl/N-ethyl adjacent to an activating group) is 1. The van der Waals surface area contributed by atoms with Crippen LogP contribution in [-0.2, 0) is 6.54 Å². The third kappa shape index (κ3) is 3.57. The number of nitrogen functional groups attached to an aromatic ring is 1. The van der Waals surface area contributed by atoms with Crippen LogP contribution in [0.4, 0.5) is 11.6 Å². The van der Waals surface area contributed by atoms with Gasteiger partial charge in [0.2, 0.25) is 0 Å². The van der Waals surface area contributed by atoms with Crippen molar-refractivity contribution >= 4 is 22.7 Å². The van der Waals surface area contributed by atoms with Crippen molar-refractivity contribution in [2.45, 2.75) is 13.0 Å². The quantitative estimate of drug-likeness (QED) is 0.675. The fourth-order valence-electron chi connectivity index (χ4n) is 3.85. The van der Waals surface area contributed by atoms with E-state index in [0.717, 1.165) is 73.9 Å². The standard InChI is InChI=1S/C20H30N8/c1-25(2)9-6-10-28-16-8-5-4-7-15(16)22-19(28)17-18(21)23-24-20(17)27-13-11-26(3)12-14-27/h4-5,7-8H,6,9-14H2,1-3H3,(H3,21,23,24). The minimum atomic E-state index is 0.582. The first-order valence-electron chi connectivity index (χ1n) is 9.92. The van der Waals surface area contributed by atoms with Gasteiger partial charge in [-0.1, -0.05) is 12.1 Å². The van der Waals surface area contributed by atoms with Crippen LogP contribution in [-0.4, -0.2) is 83.4 Å². The van der Waals surface area contributed by atoms with E-state index in [9.17, 15) is 0 Å². The Hall–Kier alpha value is -2.58. The number of imidazole rings is 1. The molecule has 1 aliphatic heterocycles. The zero-order chi connectivity index (χ0) is 19.7. The number of hydrogen-bond donors (Lipinski definition) is 2. The van der Waals surface area contributed by atoms with Crippen molar-refractivity contribution in [3.63, 3.8) is 0 Å². The molecule has 0 radical (unpaired) electrons. The zero-order valence-electron chi connectivity index (χ0n) is 17.0. The molecule has 4 rings (SSSR count). The summed E-state index contributed by atoms with van der Waals surface area (Å²) in [5.41, 5.74) is 9.41. The predicted molar refractivity (Wildman–Crippen MR) is 115 cm³/mol. The molecule has 1 aliphatic rings. The Bertz CT molecular complexity index is 933. The van der Waals surface area contributed by atoms with Crippen LogP contribution >= 0.6 is 0 Å². The molecule has 150 valence electrons. The Morgan fingerprint density at radius 3 is 2.64 bits per heavy atom. The molecule has 1 saturated heterocycles. The van der Waals surface area contributed by atoms with Gasteiger partial charge in [-0.05, 0) is 46.2 Å². The highest BCUT2D eigenvalue weighted by Crippen LogP contribution is 2.35. The molecule has 0 bridgehead atoms. The molecule has 8 nitrogen and oxygen atoms in total. The number of aryl methyl sites for hydroxylation is 1. The molecule has 3 aromatic rings. The van der Waals surface area contributed by atoms with Crippen molar-refractivity contribution in [1.29, 1.82) is 0 Å². The Kier molecular flexibility index (Phi) is 5.23. The number of hydrogen-bond acceptors (Lipinski definition) is 6. The van der Waals surface area contributed by atoms with Gasteiger partial charge in [0, 0.05) is 32.7 Å². The van der Waals surface area contributed by atoms with Gasteiger partial charge in [0.25, 0.3) is 0 Å². The lowest BCUT2D eigenvalue weighted by Gasteiger charge is -2.33. The minimum Gasteiger partial charge on any atom is -0.383 e. The van der Waals surface area contributed by atoms with Crippen LogP contribution in [0.15, 0.2) is 24.3 Å². The summed E-state index contributed by atoms with van der Waals surface area (Å²) in [7, 11) is 6.36. The summed E-state index contributed by atoms with van der Waals surface area (Å²) in [6.07, 6.45) is 1.04.